The summed E-state index contributed by atoms with van der Waals surface area (Å²) < 4.78 is 2.07. The third-order valence-corrected chi connectivity index (χ3v) is 4.17. The maximum atomic E-state index is 10.7. The van der Waals surface area contributed by atoms with Gasteiger partial charge in [0.15, 0.2) is 5.65 Å². The van der Waals surface area contributed by atoms with E-state index < -0.39 is 4.92 Å². The third-order valence-electron chi connectivity index (χ3n) is 4.17. The van der Waals surface area contributed by atoms with Crippen molar-refractivity contribution in [2.45, 2.75) is 13.5 Å². The monoisotopic (exact) mass is 361 g/mol. The van der Waals surface area contributed by atoms with Crippen LogP contribution < -0.4 is 5.43 Å². The van der Waals surface area contributed by atoms with Gasteiger partial charge in [-0.15, -0.1) is 10.2 Å². The number of non-ortho nitro benzene ring substituents is 1. The van der Waals surface area contributed by atoms with E-state index in [1.165, 1.54) is 18.3 Å². The van der Waals surface area contributed by atoms with E-state index in [1.807, 2.05) is 31.2 Å². The summed E-state index contributed by atoms with van der Waals surface area (Å²) in [4.78, 5) is 14.8. The number of rotatable bonds is 5. The van der Waals surface area contributed by atoms with Gasteiger partial charge in [-0.25, -0.2) is 5.43 Å². The van der Waals surface area contributed by atoms with Crippen LogP contribution in [0.5, 0.6) is 0 Å². The molecule has 2 heterocycles. The van der Waals surface area contributed by atoms with Crippen LogP contribution in [0.25, 0.3) is 22.1 Å². The minimum Gasteiger partial charge on any atom is -0.324 e. The minimum atomic E-state index is -0.444. The molecular formula is C18H15N7O2. The summed E-state index contributed by atoms with van der Waals surface area (Å²) in [6.45, 7) is 2.81. The van der Waals surface area contributed by atoms with Crippen LogP contribution in [0.15, 0.2) is 53.6 Å². The highest BCUT2D eigenvalue weighted by atomic mass is 16.6. The SMILES string of the molecule is CCn1c2ccccc2c2nnc(N/N=C\c3ccc([N+](=O)[O-])cc3)nc21. The number of para-hydroxylation sites is 1. The molecule has 0 fully saturated rings. The molecule has 27 heavy (non-hydrogen) atoms. The van der Waals surface area contributed by atoms with E-state index >= 15 is 0 Å². The molecule has 4 aromatic rings. The van der Waals surface area contributed by atoms with Crippen LogP contribution in [-0.2, 0) is 6.54 Å². The van der Waals surface area contributed by atoms with E-state index in [2.05, 4.69) is 30.3 Å². The van der Waals surface area contributed by atoms with Crippen LogP contribution >= 0.6 is 0 Å². The van der Waals surface area contributed by atoms with Crippen molar-refractivity contribution in [1.82, 2.24) is 19.7 Å². The van der Waals surface area contributed by atoms with Crippen molar-refractivity contribution in [3.63, 3.8) is 0 Å². The molecule has 0 aliphatic carbocycles. The van der Waals surface area contributed by atoms with Gasteiger partial charge in [0.05, 0.1) is 16.7 Å². The molecule has 0 spiro atoms. The molecule has 2 aromatic heterocycles. The number of hydrogen-bond acceptors (Lipinski definition) is 7. The number of anilines is 1. The molecule has 9 heteroatoms. The minimum absolute atomic E-state index is 0.0329. The Hall–Kier alpha value is -3.88. The second kappa shape index (κ2) is 6.79. The van der Waals surface area contributed by atoms with Crippen molar-refractivity contribution < 1.29 is 4.92 Å². The van der Waals surface area contributed by atoms with Gasteiger partial charge in [-0.05, 0) is 30.7 Å². The summed E-state index contributed by atoms with van der Waals surface area (Å²) in [6, 6.07) is 14.0. The molecule has 0 aliphatic heterocycles. The average molecular weight is 361 g/mol. The summed E-state index contributed by atoms with van der Waals surface area (Å²) in [5, 5.41) is 24.1. The first-order valence-electron chi connectivity index (χ1n) is 8.32. The van der Waals surface area contributed by atoms with Gasteiger partial charge in [0.2, 0.25) is 0 Å². The largest absolute Gasteiger partial charge is 0.324 e. The number of aryl methyl sites for hydroxylation is 1. The summed E-state index contributed by atoms with van der Waals surface area (Å²) in [5.74, 6) is 0.276. The number of nitro groups is 1. The van der Waals surface area contributed by atoms with Crippen LogP contribution in [0.3, 0.4) is 0 Å². The first kappa shape index (κ1) is 16.6. The molecule has 0 bridgehead atoms. The average Bonchev–Trinajstić information content (AvgIpc) is 3.01. The van der Waals surface area contributed by atoms with Crippen LogP contribution in [-0.4, -0.2) is 30.9 Å². The van der Waals surface area contributed by atoms with Gasteiger partial charge in [-0.2, -0.15) is 10.1 Å². The number of benzene rings is 2. The molecule has 1 N–H and O–H groups in total. The van der Waals surface area contributed by atoms with Gasteiger partial charge < -0.3 is 4.57 Å². The van der Waals surface area contributed by atoms with Crippen LogP contribution in [0.4, 0.5) is 11.6 Å². The predicted octanol–water partition coefficient (Wildman–Crippen LogP) is 3.35. The fourth-order valence-corrected chi connectivity index (χ4v) is 2.92. The lowest BCUT2D eigenvalue weighted by atomic mass is 10.2. The number of hydrogen-bond donors (Lipinski definition) is 1. The van der Waals surface area contributed by atoms with Gasteiger partial charge in [0, 0.05) is 24.1 Å². The first-order valence-corrected chi connectivity index (χ1v) is 8.32. The van der Waals surface area contributed by atoms with Crippen molar-refractivity contribution >= 4 is 39.9 Å². The van der Waals surface area contributed by atoms with Gasteiger partial charge >= 0.3 is 0 Å². The van der Waals surface area contributed by atoms with Crippen LogP contribution in [0.1, 0.15) is 12.5 Å². The molecule has 0 atom stereocenters. The summed E-state index contributed by atoms with van der Waals surface area (Å²) in [7, 11) is 0. The van der Waals surface area contributed by atoms with Crippen LogP contribution in [0, 0.1) is 10.1 Å². The zero-order valence-corrected chi connectivity index (χ0v) is 14.4. The zero-order chi connectivity index (χ0) is 18.8. The smallest absolute Gasteiger partial charge is 0.269 e. The number of nitro benzene ring substituents is 1. The highest BCUT2D eigenvalue weighted by Gasteiger charge is 2.13. The lowest BCUT2D eigenvalue weighted by Crippen LogP contribution is -2.02. The number of hydrazone groups is 1. The quantitative estimate of drug-likeness (QED) is 0.331. The van der Waals surface area contributed by atoms with E-state index in [4.69, 9.17) is 0 Å². The lowest BCUT2D eigenvalue weighted by molar-refractivity contribution is -0.384. The Balaban J connectivity index is 1.61. The Morgan fingerprint density at radius 3 is 2.70 bits per heavy atom. The molecule has 0 amide bonds. The predicted molar refractivity (Wildman–Crippen MR) is 103 cm³/mol. The second-order valence-corrected chi connectivity index (χ2v) is 5.79. The maximum Gasteiger partial charge on any atom is 0.269 e. The highest BCUT2D eigenvalue weighted by molar-refractivity contribution is 6.04. The number of nitrogens with one attached hydrogen (secondary N) is 1. The Bertz CT molecular complexity index is 1170. The number of aromatic nitrogens is 4. The molecule has 9 nitrogen and oxygen atoms in total. The molecule has 0 saturated heterocycles. The van der Waals surface area contributed by atoms with Crippen molar-refractivity contribution in [3.05, 3.63) is 64.2 Å². The Labute approximate surface area is 153 Å². The summed E-state index contributed by atoms with van der Waals surface area (Å²) >= 11 is 0. The Morgan fingerprint density at radius 2 is 1.96 bits per heavy atom. The van der Waals surface area contributed by atoms with E-state index in [1.54, 1.807) is 12.1 Å². The topological polar surface area (TPSA) is 111 Å². The van der Waals surface area contributed by atoms with Crippen LogP contribution in [0.2, 0.25) is 0 Å². The van der Waals surface area contributed by atoms with Gasteiger partial charge in [-0.1, -0.05) is 18.2 Å². The lowest BCUT2D eigenvalue weighted by Gasteiger charge is -2.02. The van der Waals surface area contributed by atoms with Gasteiger partial charge in [-0.3, -0.25) is 10.1 Å². The fourth-order valence-electron chi connectivity index (χ4n) is 2.92. The van der Waals surface area contributed by atoms with Crippen molar-refractivity contribution in [2.24, 2.45) is 5.10 Å². The van der Waals surface area contributed by atoms with E-state index in [0.717, 1.165) is 28.6 Å². The summed E-state index contributed by atoms with van der Waals surface area (Å²) in [5.41, 5.74) is 6.05. The van der Waals surface area contributed by atoms with E-state index in [0.29, 0.717) is 5.56 Å². The van der Waals surface area contributed by atoms with Gasteiger partial charge in [0.1, 0.15) is 5.52 Å². The Morgan fingerprint density at radius 1 is 1.19 bits per heavy atom. The molecular weight excluding hydrogens is 346 g/mol. The molecule has 4 rings (SSSR count). The fraction of sp³-hybridized carbons (Fsp3) is 0.111. The molecule has 0 aliphatic rings. The van der Waals surface area contributed by atoms with Crippen molar-refractivity contribution in [1.29, 1.82) is 0 Å². The first-order chi connectivity index (χ1) is 13.2. The maximum absolute atomic E-state index is 10.7. The molecule has 134 valence electrons. The normalized spacial score (nSPS) is 11.4. The van der Waals surface area contributed by atoms with E-state index in [9.17, 15) is 10.1 Å². The van der Waals surface area contributed by atoms with E-state index in [-0.39, 0.29) is 11.6 Å². The number of nitrogens with zero attached hydrogens (tertiary/aromatic N) is 6. The van der Waals surface area contributed by atoms with Crippen molar-refractivity contribution in [2.75, 3.05) is 5.43 Å². The summed E-state index contributed by atoms with van der Waals surface area (Å²) in [6.07, 6.45) is 1.53. The molecule has 0 saturated carbocycles. The standard InChI is InChI=1S/C18H15N7O2/c1-2-24-15-6-4-3-5-14(15)16-17(24)20-18(23-21-16)22-19-11-12-7-9-13(10-8-12)25(26)27/h3-11H,2H2,1H3,(H,20,22,23)/b19-11-. The zero-order valence-electron chi connectivity index (χ0n) is 14.4. The van der Waals surface area contributed by atoms with Crippen molar-refractivity contribution in [3.8, 4) is 0 Å². The molecule has 0 unspecified atom stereocenters. The number of fused-ring (bicyclic) bond motifs is 3. The second-order valence-electron chi connectivity index (χ2n) is 5.79. The third kappa shape index (κ3) is 3.06. The molecule has 0 radical (unpaired) electrons. The molecule has 2 aromatic carbocycles. The highest BCUT2D eigenvalue weighted by Crippen LogP contribution is 2.26. The Kier molecular flexibility index (Phi) is 4.17. The van der Waals surface area contributed by atoms with Gasteiger partial charge in [0.25, 0.3) is 11.6 Å².